The number of nitrogens with two attached hydrogens (primary N) is 1. The summed E-state index contributed by atoms with van der Waals surface area (Å²) in [7, 11) is -3.56. The second-order valence-corrected chi connectivity index (χ2v) is 7.19. The summed E-state index contributed by atoms with van der Waals surface area (Å²) in [4.78, 5) is 0.191. The molecule has 0 spiro atoms. The topological polar surface area (TPSA) is 81.4 Å². The smallest absolute Gasteiger partial charge is 0.241 e. The van der Waals surface area contributed by atoms with E-state index in [1.807, 2.05) is 6.92 Å². The van der Waals surface area contributed by atoms with E-state index in [1.54, 1.807) is 6.07 Å². The van der Waals surface area contributed by atoms with Crippen molar-refractivity contribution in [2.45, 2.75) is 23.8 Å². The van der Waals surface area contributed by atoms with Gasteiger partial charge in [-0.15, -0.1) is 0 Å². The summed E-state index contributed by atoms with van der Waals surface area (Å²) >= 11 is 3.22. The molecule has 5 nitrogen and oxygen atoms in total. The molecular formula is C11H15BrN2O3S. The van der Waals surface area contributed by atoms with E-state index in [4.69, 9.17) is 10.5 Å². The van der Waals surface area contributed by atoms with Gasteiger partial charge in [-0.25, -0.2) is 13.1 Å². The minimum absolute atomic E-state index is 0.191. The molecule has 1 atom stereocenters. The van der Waals surface area contributed by atoms with Crippen LogP contribution in [0.5, 0.6) is 0 Å². The molecular weight excluding hydrogens is 320 g/mol. The number of nitrogens with one attached hydrogen (secondary N) is 1. The summed E-state index contributed by atoms with van der Waals surface area (Å²) in [5.74, 6) is 0. The van der Waals surface area contributed by atoms with Gasteiger partial charge >= 0.3 is 0 Å². The Hall–Kier alpha value is -0.630. The van der Waals surface area contributed by atoms with Gasteiger partial charge in [-0.1, -0.05) is 0 Å². The van der Waals surface area contributed by atoms with E-state index in [1.165, 1.54) is 12.1 Å². The van der Waals surface area contributed by atoms with E-state index in [-0.39, 0.29) is 4.90 Å². The Kier molecular flexibility index (Phi) is 3.68. The van der Waals surface area contributed by atoms with Crippen molar-refractivity contribution in [3.8, 4) is 0 Å². The van der Waals surface area contributed by atoms with Crippen LogP contribution in [0.1, 0.15) is 13.3 Å². The van der Waals surface area contributed by atoms with Crippen LogP contribution in [0.2, 0.25) is 0 Å². The lowest BCUT2D eigenvalue weighted by molar-refractivity contribution is 0.178. The van der Waals surface area contributed by atoms with Crippen molar-refractivity contribution < 1.29 is 13.2 Å². The standard InChI is InChI=1S/C11H15BrN2O3S/c1-11(4-5-17-7-11)14-18(15,16)8-2-3-10(13)9(12)6-8/h2-3,6,14H,4-5,7,13H2,1H3. The van der Waals surface area contributed by atoms with Crippen LogP contribution >= 0.6 is 15.9 Å². The van der Waals surface area contributed by atoms with E-state index >= 15 is 0 Å². The number of rotatable bonds is 3. The fourth-order valence-electron chi connectivity index (χ4n) is 1.81. The van der Waals surface area contributed by atoms with Gasteiger partial charge in [0.25, 0.3) is 0 Å². The molecule has 1 aliphatic heterocycles. The van der Waals surface area contributed by atoms with E-state index in [9.17, 15) is 8.42 Å². The number of hydrogen-bond donors (Lipinski definition) is 2. The Morgan fingerprint density at radius 2 is 2.22 bits per heavy atom. The lowest BCUT2D eigenvalue weighted by atomic mass is 10.0. The SMILES string of the molecule is CC1(NS(=O)(=O)c2ccc(N)c(Br)c2)CCOC1. The maximum absolute atomic E-state index is 12.2. The first kappa shape index (κ1) is 13.8. The van der Waals surface area contributed by atoms with Crippen molar-refractivity contribution >= 4 is 31.6 Å². The monoisotopic (exact) mass is 334 g/mol. The zero-order chi connectivity index (χ0) is 13.4. The highest BCUT2D eigenvalue weighted by Gasteiger charge is 2.34. The fraction of sp³-hybridized carbons (Fsp3) is 0.455. The van der Waals surface area contributed by atoms with Crippen LogP contribution in [-0.2, 0) is 14.8 Å². The molecule has 1 aliphatic rings. The van der Waals surface area contributed by atoms with Crippen LogP contribution < -0.4 is 10.5 Å². The first-order valence-corrected chi connectivity index (χ1v) is 7.77. The predicted molar refractivity (Wildman–Crippen MR) is 72.7 cm³/mol. The molecule has 3 N–H and O–H groups in total. The quantitative estimate of drug-likeness (QED) is 0.820. The third kappa shape index (κ3) is 2.85. The summed E-state index contributed by atoms with van der Waals surface area (Å²) in [5, 5.41) is 0. The van der Waals surface area contributed by atoms with E-state index < -0.39 is 15.6 Å². The molecule has 1 fully saturated rings. The number of halogens is 1. The van der Waals surface area contributed by atoms with Gasteiger partial charge in [0.1, 0.15) is 0 Å². The second kappa shape index (κ2) is 4.80. The zero-order valence-electron chi connectivity index (χ0n) is 9.94. The highest BCUT2D eigenvalue weighted by atomic mass is 79.9. The number of benzene rings is 1. The van der Waals surface area contributed by atoms with E-state index in [0.29, 0.717) is 29.8 Å². The van der Waals surface area contributed by atoms with Crippen molar-refractivity contribution in [1.29, 1.82) is 0 Å². The highest BCUT2D eigenvalue weighted by Crippen LogP contribution is 2.25. The normalized spacial score (nSPS) is 24.3. The Balaban J connectivity index is 2.27. The molecule has 18 heavy (non-hydrogen) atoms. The third-order valence-corrected chi connectivity index (χ3v) is 5.20. The van der Waals surface area contributed by atoms with Crippen molar-refractivity contribution in [3.63, 3.8) is 0 Å². The molecule has 2 rings (SSSR count). The molecule has 0 aromatic heterocycles. The van der Waals surface area contributed by atoms with Gasteiger partial charge in [0.15, 0.2) is 0 Å². The Labute approximate surface area is 115 Å². The minimum atomic E-state index is -3.56. The molecule has 0 aliphatic carbocycles. The second-order valence-electron chi connectivity index (χ2n) is 4.65. The lowest BCUT2D eigenvalue weighted by Gasteiger charge is -2.23. The van der Waals surface area contributed by atoms with Crippen LogP contribution in [0.25, 0.3) is 0 Å². The van der Waals surface area contributed by atoms with Gasteiger partial charge < -0.3 is 10.5 Å². The number of ether oxygens (including phenoxy) is 1. The number of hydrogen-bond acceptors (Lipinski definition) is 4. The maximum atomic E-state index is 12.2. The summed E-state index contributed by atoms with van der Waals surface area (Å²) in [6, 6.07) is 4.55. The molecule has 0 amide bonds. The van der Waals surface area contributed by atoms with Gasteiger partial charge in [-0.05, 0) is 47.5 Å². The zero-order valence-corrected chi connectivity index (χ0v) is 12.3. The number of anilines is 1. The van der Waals surface area contributed by atoms with E-state index in [0.717, 1.165) is 0 Å². The molecule has 0 bridgehead atoms. The molecule has 1 aromatic carbocycles. The molecule has 1 aromatic rings. The van der Waals surface area contributed by atoms with Crippen molar-refractivity contribution in [2.24, 2.45) is 0 Å². The van der Waals surface area contributed by atoms with Crippen LogP contribution in [-0.4, -0.2) is 27.2 Å². The molecule has 100 valence electrons. The predicted octanol–water partition coefficient (Wildman–Crippen LogP) is 1.49. The van der Waals surface area contributed by atoms with Gasteiger partial charge in [0.2, 0.25) is 10.0 Å². The maximum Gasteiger partial charge on any atom is 0.241 e. The van der Waals surface area contributed by atoms with E-state index in [2.05, 4.69) is 20.7 Å². The van der Waals surface area contributed by atoms with Gasteiger partial charge in [-0.2, -0.15) is 0 Å². The molecule has 0 saturated carbocycles. The van der Waals surface area contributed by atoms with Crippen molar-refractivity contribution in [1.82, 2.24) is 4.72 Å². The first-order valence-electron chi connectivity index (χ1n) is 5.49. The molecule has 1 saturated heterocycles. The Morgan fingerprint density at radius 1 is 1.50 bits per heavy atom. The van der Waals surface area contributed by atoms with Gasteiger partial charge in [-0.3, -0.25) is 0 Å². The van der Waals surface area contributed by atoms with Crippen LogP contribution in [0.4, 0.5) is 5.69 Å². The summed E-state index contributed by atoms with van der Waals surface area (Å²) in [6.07, 6.45) is 0.669. The molecule has 7 heteroatoms. The molecule has 1 unspecified atom stereocenters. The molecule has 0 radical (unpaired) electrons. The van der Waals surface area contributed by atoms with Crippen LogP contribution in [0.15, 0.2) is 27.6 Å². The summed E-state index contributed by atoms with van der Waals surface area (Å²) in [6.45, 7) is 2.80. The fourth-order valence-corrected chi connectivity index (χ4v) is 3.78. The summed E-state index contributed by atoms with van der Waals surface area (Å²) in [5.41, 5.74) is 5.61. The van der Waals surface area contributed by atoms with Crippen LogP contribution in [0.3, 0.4) is 0 Å². The average Bonchev–Trinajstić information content (AvgIpc) is 2.67. The van der Waals surface area contributed by atoms with Crippen LogP contribution in [0, 0.1) is 0 Å². The number of nitrogen functional groups attached to an aromatic ring is 1. The highest BCUT2D eigenvalue weighted by molar-refractivity contribution is 9.10. The minimum Gasteiger partial charge on any atom is -0.398 e. The Morgan fingerprint density at radius 3 is 2.78 bits per heavy atom. The van der Waals surface area contributed by atoms with Crippen molar-refractivity contribution in [2.75, 3.05) is 18.9 Å². The largest absolute Gasteiger partial charge is 0.398 e. The summed E-state index contributed by atoms with van der Waals surface area (Å²) < 4.78 is 32.9. The van der Waals surface area contributed by atoms with Gasteiger partial charge in [0, 0.05) is 16.8 Å². The first-order chi connectivity index (χ1) is 8.32. The third-order valence-electron chi connectivity index (χ3n) is 2.88. The van der Waals surface area contributed by atoms with Crippen molar-refractivity contribution in [3.05, 3.63) is 22.7 Å². The van der Waals surface area contributed by atoms with Gasteiger partial charge in [0.05, 0.1) is 17.0 Å². The average molecular weight is 335 g/mol. The number of sulfonamides is 1. The Bertz CT molecular complexity index is 553. The molecule has 1 heterocycles. The lowest BCUT2D eigenvalue weighted by Crippen LogP contribution is -2.46.